The molecule has 33 heavy (non-hydrogen) atoms. The second-order valence-electron chi connectivity index (χ2n) is 7.21. The van der Waals surface area contributed by atoms with Crippen LogP contribution >= 0.6 is 0 Å². The number of methoxy groups -OCH3 is 3. The number of para-hydroxylation sites is 1. The van der Waals surface area contributed by atoms with Crippen molar-refractivity contribution >= 4 is 17.8 Å². The lowest BCUT2D eigenvalue weighted by Crippen LogP contribution is -2.09. The average Bonchev–Trinajstić information content (AvgIpc) is 3.16. The number of benzene rings is 3. The first-order valence-electron chi connectivity index (χ1n) is 10.1. The fourth-order valence-corrected chi connectivity index (χ4v) is 3.53. The zero-order valence-electron chi connectivity index (χ0n) is 18.6. The van der Waals surface area contributed by atoms with E-state index < -0.39 is 5.97 Å². The number of hydrogen-bond acceptors (Lipinski definition) is 7. The Morgan fingerprint density at radius 3 is 2.30 bits per heavy atom. The number of ether oxygens (including phenoxy) is 5. The summed E-state index contributed by atoms with van der Waals surface area (Å²) in [6.45, 7) is 1.73. The number of carbonyl (C=O) groups excluding carboxylic acids is 2. The van der Waals surface area contributed by atoms with Crippen LogP contribution in [0.1, 0.15) is 31.8 Å². The zero-order chi connectivity index (χ0) is 23.5. The molecule has 0 bridgehead atoms. The van der Waals surface area contributed by atoms with E-state index in [9.17, 15) is 9.59 Å². The van der Waals surface area contributed by atoms with Gasteiger partial charge in [-0.15, -0.1) is 0 Å². The molecule has 1 heterocycles. The zero-order valence-corrected chi connectivity index (χ0v) is 18.6. The molecule has 0 saturated carbocycles. The first kappa shape index (κ1) is 22.0. The van der Waals surface area contributed by atoms with Crippen molar-refractivity contribution in [2.45, 2.75) is 6.92 Å². The standard InChI is InChI=1S/C26H22O7/c1-15-20(33-26(28)16-8-10-18(29-2)11-9-16)13-12-19-23(27)22(32-24(15)19)14-17-6-5-7-21(30-3)25(17)31-4/h5-14H,1-4H3/b22-14-. The lowest BCUT2D eigenvalue weighted by Gasteiger charge is -2.11. The number of fused-ring (bicyclic) bond motifs is 1. The predicted molar refractivity (Wildman–Crippen MR) is 122 cm³/mol. The molecule has 0 saturated heterocycles. The van der Waals surface area contributed by atoms with Gasteiger partial charge in [-0.2, -0.15) is 0 Å². The third kappa shape index (κ3) is 4.13. The van der Waals surface area contributed by atoms with Gasteiger partial charge in [0.25, 0.3) is 0 Å². The number of hydrogen-bond donors (Lipinski definition) is 0. The molecule has 0 aliphatic carbocycles. The van der Waals surface area contributed by atoms with Crippen LogP contribution in [-0.2, 0) is 0 Å². The van der Waals surface area contributed by atoms with Gasteiger partial charge in [0.05, 0.1) is 32.5 Å². The highest BCUT2D eigenvalue weighted by Crippen LogP contribution is 2.40. The van der Waals surface area contributed by atoms with Crippen molar-refractivity contribution in [3.05, 3.63) is 82.6 Å². The number of Topliss-reactive ketones (excluding diaryl/α,β-unsaturated/α-hetero) is 1. The predicted octanol–water partition coefficient (Wildman–Crippen LogP) is 4.86. The molecule has 0 amide bonds. The van der Waals surface area contributed by atoms with Crippen LogP contribution in [0.25, 0.3) is 6.08 Å². The van der Waals surface area contributed by atoms with Crippen LogP contribution < -0.4 is 23.7 Å². The van der Waals surface area contributed by atoms with Gasteiger partial charge in [0.1, 0.15) is 17.2 Å². The first-order valence-corrected chi connectivity index (χ1v) is 10.1. The number of allylic oxidation sites excluding steroid dienone is 1. The Balaban J connectivity index is 1.61. The molecular weight excluding hydrogens is 424 g/mol. The second kappa shape index (κ2) is 9.08. The average molecular weight is 446 g/mol. The van der Waals surface area contributed by atoms with Crippen LogP contribution in [0.15, 0.2) is 60.4 Å². The molecule has 3 aromatic rings. The smallest absolute Gasteiger partial charge is 0.343 e. The molecule has 1 aliphatic rings. The Bertz CT molecular complexity index is 1260. The third-order valence-corrected chi connectivity index (χ3v) is 5.29. The number of carbonyl (C=O) groups is 2. The monoisotopic (exact) mass is 446 g/mol. The van der Waals surface area contributed by atoms with E-state index in [0.717, 1.165) is 0 Å². The van der Waals surface area contributed by atoms with Gasteiger partial charge < -0.3 is 23.7 Å². The van der Waals surface area contributed by atoms with Gasteiger partial charge in [-0.05, 0) is 55.5 Å². The van der Waals surface area contributed by atoms with Crippen LogP contribution in [0.5, 0.6) is 28.7 Å². The van der Waals surface area contributed by atoms with Crippen molar-refractivity contribution in [2.75, 3.05) is 21.3 Å². The van der Waals surface area contributed by atoms with Crippen molar-refractivity contribution in [2.24, 2.45) is 0 Å². The van der Waals surface area contributed by atoms with E-state index in [2.05, 4.69) is 0 Å². The summed E-state index contributed by atoms with van der Waals surface area (Å²) >= 11 is 0. The van der Waals surface area contributed by atoms with Crippen LogP contribution in [0.4, 0.5) is 0 Å². The molecule has 0 aromatic heterocycles. The molecule has 1 aliphatic heterocycles. The summed E-state index contributed by atoms with van der Waals surface area (Å²) in [4.78, 5) is 25.5. The maximum Gasteiger partial charge on any atom is 0.343 e. The van der Waals surface area contributed by atoms with Gasteiger partial charge in [-0.3, -0.25) is 4.79 Å². The quantitative estimate of drug-likeness (QED) is 0.304. The molecule has 168 valence electrons. The Morgan fingerprint density at radius 1 is 0.879 bits per heavy atom. The summed E-state index contributed by atoms with van der Waals surface area (Å²) in [5.74, 6) is 1.67. The lowest BCUT2D eigenvalue weighted by atomic mass is 10.1. The Kier molecular flexibility index (Phi) is 6.04. The van der Waals surface area contributed by atoms with Gasteiger partial charge in [-0.1, -0.05) is 12.1 Å². The van der Waals surface area contributed by atoms with Gasteiger partial charge in [-0.25, -0.2) is 4.79 Å². The minimum atomic E-state index is -0.526. The molecule has 4 rings (SSSR count). The van der Waals surface area contributed by atoms with Gasteiger partial charge in [0, 0.05) is 11.1 Å². The minimum absolute atomic E-state index is 0.137. The van der Waals surface area contributed by atoms with E-state index in [4.69, 9.17) is 23.7 Å². The molecule has 0 radical (unpaired) electrons. The largest absolute Gasteiger partial charge is 0.497 e. The Labute approximate surface area is 191 Å². The maximum absolute atomic E-state index is 12.9. The number of esters is 1. The molecule has 0 unspecified atom stereocenters. The van der Waals surface area contributed by atoms with Crippen LogP contribution in [0.2, 0.25) is 0 Å². The minimum Gasteiger partial charge on any atom is -0.497 e. The van der Waals surface area contributed by atoms with Gasteiger partial charge in [0.2, 0.25) is 5.78 Å². The van der Waals surface area contributed by atoms with Gasteiger partial charge in [0.15, 0.2) is 17.3 Å². The second-order valence-corrected chi connectivity index (χ2v) is 7.21. The fourth-order valence-electron chi connectivity index (χ4n) is 3.53. The van der Waals surface area contributed by atoms with E-state index in [1.165, 1.54) is 7.11 Å². The van der Waals surface area contributed by atoms with Crippen LogP contribution in [0.3, 0.4) is 0 Å². The van der Waals surface area contributed by atoms with Crippen molar-refractivity contribution in [1.29, 1.82) is 0 Å². The van der Waals surface area contributed by atoms with E-state index in [0.29, 0.717) is 51.0 Å². The molecular formula is C26H22O7. The number of ketones is 1. The SMILES string of the molecule is COc1ccc(C(=O)Oc2ccc3c(c2C)O/C(=C\c2cccc(OC)c2OC)C3=O)cc1. The molecule has 0 atom stereocenters. The van der Waals surface area contributed by atoms with E-state index in [1.807, 2.05) is 0 Å². The summed E-state index contributed by atoms with van der Waals surface area (Å²) in [6, 6.07) is 15.1. The fraction of sp³-hybridized carbons (Fsp3) is 0.154. The highest BCUT2D eigenvalue weighted by atomic mass is 16.5. The van der Waals surface area contributed by atoms with Gasteiger partial charge >= 0.3 is 5.97 Å². The lowest BCUT2D eigenvalue weighted by molar-refractivity contribution is 0.0733. The van der Waals surface area contributed by atoms with E-state index >= 15 is 0 Å². The van der Waals surface area contributed by atoms with Crippen molar-refractivity contribution in [1.82, 2.24) is 0 Å². The van der Waals surface area contributed by atoms with Crippen LogP contribution in [0, 0.1) is 6.92 Å². The Morgan fingerprint density at radius 2 is 1.64 bits per heavy atom. The molecule has 0 N–H and O–H groups in total. The maximum atomic E-state index is 12.9. The summed E-state index contributed by atoms with van der Waals surface area (Å²) in [5, 5.41) is 0. The molecule has 0 fully saturated rings. The van der Waals surface area contributed by atoms with E-state index in [-0.39, 0.29) is 11.5 Å². The van der Waals surface area contributed by atoms with Crippen molar-refractivity contribution in [3.8, 4) is 28.7 Å². The van der Waals surface area contributed by atoms with Crippen molar-refractivity contribution in [3.63, 3.8) is 0 Å². The van der Waals surface area contributed by atoms with Crippen LogP contribution in [-0.4, -0.2) is 33.1 Å². The number of rotatable bonds is 6. The Hall–Kier alpha value is -4.26. The molecule has 3 aromatic carbocycles. The van der Waals surface area contributed by atoms with E-state index in [1.54, 1.807) is 81.8 Å². The summed E-state index contributed by atoms with van der Waals surface area (Å²) in [6.07, 6.45) is 1.60. The summed E-state index contributed by atoms with van der Waals surface area (Å²) in [7, 11) is 4.62. The topological polar surface area (TPSA) is 80.3 Å². The highest BCUT2D eigenvalue weighted by Gasteiger charge is 2.31. The highest BCUT2D eigenvalue weighted by molar-refractivity contribution is 6.15. The normalized spacial score (nSPS) is 13.3. The third-order valence-electron chi connectivity index (χ3n) is 5.29. The summed E-state index contributed by atoms with van der Waals surface area (Å²) < 4.78 is 27.3. The first-order chi connectivity index (χ1) is 16.0. The summed E-state index contributed by atoms with van der Waals surface area (Å²) in [5.41, 5.74) is 1.95. The molecule has 0 spiro atoms. The molecule has 7 heteroatoms. The molecule has 7 nitrogen and oxygen atoms in total. The van der Waals surface area contributed by atoms with Crippen molar-refractivity contribution < 1.29 is 33.3 Å².